The summed E-state index contributed by atoms with van der Waals surface area (Å²) in [6, 6.07) is 1.59. The summed E-state index contributed by atoms with van der Waals surface area (Å²) in [5.74, 6) is 0.946. The Kier molecular flexibility index (Phi) is 2.19. The summed E-state index contributed by atoms with van der Waals surface area (Å²) in [7, 11) is 0. The van der Waals surface area contributed by atoms with E-state index < -0.39 is 0 Å². The summed E-state index contributed by atoms with van der Waals surface area (Å²) in [6.07, 6.45) is 2.40. The van der Waals surface area contributed by atoms with Gasteiger partial charge in [-0.05, 0) is 18.4 Å². The number of ketones is 1. The van der Waals surface area contributed by atoms with Crippen molar-refractivity contribution in [1.82, 2.24) is 4.98 Å². The van der Waals surface area contributed by atoms with Gasteiger partial charge in [-0.2, -0.15) is 0 Å². The van der Waals surface area contributed by atoms with Crippen LogP contribution in [0, 0.1) is 11.8 Å². The topological polar surface area (TPSA) is 56.0 Å². The van der Waals surface area contributed by atoms with E-state index in [4.69, 9.17) is 17.3 Å². The number of nitrogen functional groups attached to an aromatic ring is 1. The molecule has 2 atom stereocenters. The van der Waals surface area contributed by atoms with Crippen molar-refractivity contribution in [2.24, 2.45) is 11.8 Å². The van der Waals surface area contributed by atoms with Crippen molar-refractivity contribution in [2.45, 2.75) is 13.3 Å². The quantitative estimate of drug-likeness (QED) is 0.761. The zero-order valence-corrected chi connectivity index (χ0v) is 8.58. The van der Waals surface area contributed by atoms with Crippen molar-refractivity contribution in [3.63, 3.8) is 0 Å². The van der Waals surface area contributed by atoms with Gasteiger partial charge in [0.05, 0.1) is 10.6 Å². The van der Waals surface area contributed by atoms with Crippen molar-refractivity contribution in [3.8, 4) is 0 Å². The third kappa shape index (κ3) is 1.60. The number of rotatable bonds is 2. The van der Waals surface area contributed by atoms with E-state index in [0.29, 0.717) is 16.5 Å². The molecule has 0 radical (unpaired) electrons. The second kappa shape index (κ2) is 3.24. The van der Waals surface area contributed by atoms with E-state index in [2.05, 4.69) is 11.9 Å². The fourth-order valence-electron chi connectivity index (χ4n) is 1.53. The highest BCUT2D eigenvalue weighted by molar-refractivity contribution is 6.31. The number of anilines is 1. The van der Waals surface area contributed by atoms with Crippen LogP contribution in [0.3, 0.4) is 0 Å². The van der Waals surface area contributed by atoms with Gasteiger partial charge in [0.25, 0.3) is 0 Å². The minimum Gasteiger partial charge on any atom is -0.383 e. The van der Waals surface area contributed by atoms with Gasteiger partial charge in [0.15, 0.2) is 5.78 Å². The lowest BCUT2D eigenvalue weighted by molar-refractivity contribution is 0.0963. The van der Waals surface area contributed by atoms with E-state index in [0.717, 1.165) is 6.42 Å². The molecule has 0 spiro atoms. The Balaban J connectivity index is 2.31. The molecule has 0 saturated heterocycles. The highest BCUT2D eigenvalue weighted by atomic mass is 35.5. The predicted molar refractivity (Wildman–Crippen MR) is 55.3 cm³/mol. The second-order valence-corrected chi connectivity index (χ2v) is 4.21. The standard InChI is InChI=1S/C10H11ClN2O/c1-5-2-7(5)9(14)8-3-6(11)4-13-10(8)12/h3-5,7H,2H2,1H3,(H2,12,13). The van der Waals surface area contributed by atoms with Gasteiger partial charge in [-0.3, -0.25) is 4.79 Å². The zero-order valence-electron chi connectivity index (χ0n) is 7.83. The number of pyridine rings is 1. The summed E-state index contributed by atoms with van der Waals surface area (Å²) in [5, 5.41) is 0.454. The van der Waals surface area contributed by atoms with Gasteiger partial charge in [-0.15, -0.1) is 0 Å². The summed E-state index contributed by atoms with van der Waals surface area (Å²) in [4.78, 5) is 15.7. The van der Waals surface area contributed by atoms with Gasteiger partial charge in [0.2, 0.25) is 0 Å². The van der Waals surface area contributed by atoms with E-state index in [9.17, 15) is 4.79 Å². The first kappa shape index (κ1) is 9.46. The molecule has 0 aromatic carbocycles. The highest BCUT2D eigenvalue weighted by Gasteiger charge is 2.40. The summed E-state index contributed by atoms with van der Waals surface area (Å²) in [5.41, 5.74) is 6.08. The monoisotopic (exact) mass is 210 g/mol. The van der Waals surface area contributed by atoms with Gasteiger partial charge >= 0.3 is 0 Å². The van der Waals surface area contributed by atoms with Crippen LogP contribution in [-0.2, 0) is 0 Å². The molecule has 74 valence electrons. The summed E-state index contributed by atoms with van der Waals surface area (Å²) in [6.45, 7) is 2.05. The number of Topliss-reactive ketones (excluding diaryl/α,β-unsaturated/α-hetero) is 1. The summed E-state index contributed by atoms with van der Waals surface area (Å²) < 4.78 is 0. The van der Waals surface area contributed by atoms with Crippen molar-refractivity contribution in [1.29, 1.82) is 0 Å². The molecule has 1 heterocycles. The van der Waals surface area contributed by atoms with Gasteiger partial charge in [0.1, 0.15) is 5.82 Å². The van der Waals surface area contributed by atoms with Gasteiger partial charge < -0.3 is 5.73 Å². The first-order valence-electron chi connectivity index (χ1n) is 4.55. The van der Waals surface area contributed by atoms with Crippen molar-refractivity contribution in [3.05, 3.63) is 22.8 Å². The first-order valence-corrected chi connectivity index (χ1v) is 4.92. The first-order chi connectivity index (χ1) is 6.59. The smallest absolute Gasteiger partial charge is 0.169 e. The molecule has 2 unspecified atom stereocenters. The normalized spacial score (nSPS) is 24.7. The molecule has 1 aromatic heterocycles. The van der Waals surface area contributed by atoms with Crippen molar-refractivity contribution >= 4 is 23.2 Å². The maximum atomic E-state index is 11.8. The molecule has 1 saturated carbocycles. The molecule has 1 aliphatic rings. The summed E-state index contributed by atoms with van der Waals surface area (Å²) >= 11 is 5.75. The molecule has 2 rings (SSSR count). The number of nitrogens with zero attached hydrogens (tertiary/aromatic N) is 1. The second-order valence-electron chi connectivity index (χ2n) is 3.77. The molecule has 1 aromatic rings. The SMILES string of the molecule is CC1CC1C(=O)c1cc(Cl)cnc1N. The minimum absolute atomic E-state index is 0.0741. The van der Waals surface area contributed by atoms with Crippen LogP contribution < -0.4 is 5.73 Å². The molecule has 1 fully saturated rings. The molecule has 3 nitrogen and oxygen atoms in total. The van der Waals surface area contributed by atoms with Crippen LogP contribution >= 0.6 is 11.6 Å². The highest BCUT2D eigenvalue weighted by Crippen LogP contribution is 2.41. The van der Waals surface area contributed by atoms with E-state index in [1.54, 1.807) is 6.07 Å². The molecular formula is C10H11ClN2O. The van der Waals surface area contributed by atoms with Gasteiger partial charge in [-0.1, -0.05) is 18.5 Å². The van der Waals surface area contributed by atoms with Gasteiger partial charge in [0, 0.05) is 12.1 Å². The third-order valence-electron chi connectivity index (χ3n) is 2.60. The van der Waals surface area contributed by atoms with E-state index in [1.807, 2.05) is 0 Å². The Morgan fingerprint density at radius 2 is 2.36 bits per heavy atom. The number of nitrogens with two attached hydrogens (primary N) is 1. The van der Waals surface area contributed by atoms with E-state index in [1.165, 1.54) is 6.20 Å². The largest absolute Gasteiger partial charge is 0.383 e. The number of hydrogen-bond donors (Lipinski definition) is 1. The molecule has 0 amide bonds. The lowest BCUT2D eigenvalue weighted by Gasteiger charge is -2.02. The van der Waals surface area contributed by atoms with Crippen LogP contribution in [0.15, 0.2) is 12.3 Å². The molecule has 14 heavy (non-hydrogen) atoms. The molecular weight excluding hydrogens is 200 g/mol. The zero-order chi connectivity index (χ0) is 10.3. The van der Waals surface area contributed by atoms with Crippen LogP contribution in [-0.4, -0.2) is 10.8 Å². The Labute approximate surface area is 87.3 Å². The van der Waals surface area contributed by atoms with Crippen molar-refractivity contribution in [2.75, 3.05) is 5.73 Å². The minimum atomic E-state index is 0.0741. The number of carbonyl (C=O) groups is 1. The van der Waals surface area contributed by atoms with E-state index in [-0.39, 0.29) is 17.5 Å². The van der Waals surface area contributed by atoms with Crippen molar-refractivity contribution < 1.29 is 4.79 Å². The Hall–Kier alpha value is -1.09. The van der Waals surface area contributed by atoms with E-state index >= 15 is 0 Å². The predicted octanol–water partition coefficient (Wildman–Crippen LogP) is 2.16. The molecule has 1 aliphatic carbocycles. The Bertz CT molecular complexity index is 392. The fraction of sp³-hybridized carbons (Fsp3) is 0.400. The number of halogens is 1. The average molecular weight is 211 g/mol. The molecule has 0 bridgehead atoms. The molecule has 4 heteroatoms. The third-order valence-corrected chi connectivity index (χ3v) is 2.80. The van der Waals surface area contributed by atoms with Crippen LogP contribution in [0.2, 0.25) is 5.02 Å². The number of hydrogen-bond acceptors (Lipinski definition) is 3. The van der Waals surface area contributed by atoms with Crippen LogP contribution in [0.1, 0.15) is 23.7 Å². The van der Waals surface area contributed by atoms with Gasteiger partial charge in [-0.25, -0.2) is 4.98 Å². The average Bonchev–Trinajstić information content (AvgIpc) is 2.86. The Morgan fingerprint density at radius 1 is 1.71 bits per heavy atom. The maximum absolute atomic E-state index is 11.8. The lowest BCUT2D eigenvalue weighted by Crippen LogP contribution is -2.08. The number of carbonyl (C=O) groups excluding carboxylic acids is 1. The van der Waals surface area contributed by atoms with Crippen LogP contribution in [0.5, 0.6) is 0 Å². The van der Waals surface area contributed by atoms with Crippen LogP contribution in [0.25, 0.3) is 0 Å². The molecule has 0 aliphatic heterocycles. The fourth-order valence-corrected chi connectivity index (χ4v) is 1.69. The maximum Gasteiger partial charge on any atom is 0.169 e. The number of aromatic nitrogens is 1. The van der Waals surface area contributed by atoms with Crippen LogP contribution in [0.4, 0.5) is 5.82 Å². The Morgan fingerprint density at radius 3 is 2.93 bits per heavy atom. The molecule has 2 N–H and O–H groups in total. The lowest BCUT2D eigenvalue weighted by atomic mass is 10.1.